The molecule has 3 aromatic rings. The second kappa shape index (κ2) is 13.9. The van der Waals surface area contributed by atoms with Crippen LogP contribution in [-0.2, 0) is 26.2 Å². The maximum Gasteiger partial charge on any atom is 0.244 e. The van der Waals surface area contributed by atoms with Crippen LogP contribution in [0, 0.1) is 5.82 Å². The summed E-state index contributed by atoms with van der Waals surface area (Å²) in [4.78, 5) is 28.3. The Kier molecular flexibility index (Phi) is 10.7. The Hall–Kier alpha value is -3.92. The van der Waals surface area contributed by atoms with Crippen LogP contribution < -0.4 is 14.4 Å². The highest BCUT2D eigenvalue weighted by molar-refractivity contribution is 7.92. The van der Waals surface area contributed by atoms with E-state index in [0.29, 0.717) is 29.9 Å². The smallest absolute Gasteiger partial charge is 0.244 e. The van der Waals surface area contributed by atoms with Gasteiger partial charge in [0.1, 0.15) is 29.9 Å². The van der Waals surface area contributed by atoms with Crippen molar-refractivity contribution in [2.24, 2.45) is 0 Å². The lowest BCUT2D eigenvalue weighted by molar-refractivity contribution is -0.140. The number of nitrogens with one attached hydrogen (secondary N) is 1. The second-order valence-corrected chi connectivity index (χ2v) is 11.5. The first-order valence-electron chi connectivity index (χ1n) is 13.2. The van der Waals surface area contributed by atoms with Crippen molar-refractivity contribution in [1.82, 2.24) is 10.2 Å². The van der Waals surface area contributed by atoms with Crippen LogP contribution in [-0.4, -0.2) is 50.0 Å². The Labute approximate surface area is 235 Å². The predicted molar refractivity (Wildman–Crippen MR) is 154 cm³/mol. The molecular weight excluding hydrogens is 533 g/mol. The molecule has 1 N–H and O–H groups in total. The molecule has 2 amide bonds. The Balaban J connectivity index is 1.89. The minimum Gasteiger partial charge on any atom is -0.457 e. The van der Waals surface area contributed by atoms with Crippen LogP contribution in [0.3, 0.4) is 0 Å². The van der Waals surface area contributed by atoms with Crippen molar-refractivity contribution in [3.8, 4) is 11.5 Å². The lowest BCUT2D eigenvalue weighted by atomic mass is 10.1. The van der Waals surface area contributed by atoms with Crippen LogP contribution in [0.4, 0.5) is 10.1 Å². The Morgan fingerprint density at radius 3 is 2.05 bits per heavy atom. The van der Waals surface area contributed by atoms with E-state index >= 15 is 0 Å². The molecule has 214 valence electrons. The lowest BCUT2D eigenvalue weighted by Crippen LogP contribution is -2.53. The first-order chi connectivity index (χ1) is 19.0. The van der Waals surface area contributed by atoms with Gasteiger partial charge in [0.05, 0.1) is 11.9 Å². The first kappa shape index (κ1) is 30.6. The van der Waals surface area contributed by atoms with E-state index in [1.54, 1.807) is 43.3 Å². The summed E-state index contributed by atoms with van der Waals surface area (Å²) >= 11 is 0. The molecule has 8 nitrogen and oxygen atoms in total. The maximum atomic E-state index is 13.8. The maximum absolute atomic E-state index is 13.8. The number of para-hydroxylation sites is 1. The fourth-order valence-electron chi connectivity index (χ4n) is 4.07. The van der Waals surface area contributed by atoms with Crippen molar-refractivity contribution < 1.29 is 27.1 Å². The number of ether oxygens (including phenoxy) is 1. The molecule has 10 heteroatoms. The summed E-state index contributed by atoms with van der Waals surface area (Å²) in [6.45, 7) is 5.07. The van der Waals surface area contributed by atoms with Crippen LogP contribution in [0.5, 0.6) is 11.5 Å². The van der Waals surface area contributed by atoms with E-state index in [-0.39, 0.29) is 24.2 Å². The van der Waals surface area contributed by atoms with Crippen LogP contribution in [0.25, 0.3) is 0 Å². The third-order valence-electron chi connectivity index (χ3n) is 6.44. The van der Waals surface area contributed by atoms with E-state index in [9.17, 15) is 22.4 Å². The van der Waals surface area contributed by atoms with E-state index in [0.717, 1.165) is 10.6 Å². The predicted octanol–water partition coefficient (Wildman–Crippen LogP) is 5.11. The quantitative estimate of drug-likeness (QED) is 0.309. The van der Waals surface area contributed by atoms with E-state index in [1.807, 2.05) is 32.0 Å². The lowest BCUT2D eigenvalue weighted by Gasteiger charge is -2.33. The molecule has 0 aliphatic rings. The molecule has 0 aromatic heterocycles. The number of amides is 2. The zero-order valence-corrected chi connectivity index (χ0v) is 24.0. The monoisotopic (exact) mass is 569 g/mol. The van der Waals surface area contributed by atoms with Gasteiger partial charge in [0.15, 0.2) is 0 Å². The number of anilines is 1. The van der Waals surface area contributed by atoms with Crippen molar-refractivity contribution >= 4 is 27.5 Å². The third kappa shape index (κ3) is 8.54. The van der Waals surface area contributed by atoms with Crippen LogP contribution >= 0.6 is 0 Å². The summed E-state index contributed by atoms with van der Waals surface area (Å²) in [5.41, 5.74) is 0.882. The van der Waals surface area contributed by atoms with Gasteiger partial charge in [-0.15, -0.1) is 0 Å². The van der Waals surface area contributed by atoms with Gasteiger partial charge in [0.2, 0.25) is 21.8 Å². The third-order valence-corrected chi connectivity index (χ3v) is 7.58. The normalized spacial score (nSPS) is 12.7. The van der Waals surface area contributed by atoms with Gasteiger partial charge >= 0.3 is 0 Å². The van der Waals surface area contributed by atoms with E-state index in [2.05, 4.69) is 5.32 Å². The van der Waals surface area contributed by atoms with Gasteiger partial charge in [-0.3, -0.25) is 13.9 Å². The largest absolute Gasteiger partial charge is 0.457 e. The van der Waals surface area contributed by atoms with Crippen LogP contribution in [0.1, 0.15) is 39.2 Å². The van der Waals surface area contributed by atoms with Crippen molar-refractivity contribution in [2.45, 2.75) is 52.2 Å². The number of benzene rings is 3. The zero-order valence-electron chi connectivity index (χ0n) is 23.2. The summed E-state index contributed by atoms with van der Waals surface area (Å²) in [6, 6.07) is 20.2. The molecule has 40 heavy (non-hydrogen) atoms. The minimum atomic E-state index is -3.88. The molecule has 0 radical (unpaired) electrons. The Morgan fingerprint density at radius 2 is 1.50 bits per heavy atom. The second-order valence-electron chi connectivity index (χ2n) is 9.57. The molecule has 0 heterocycles. The molecular formula is C30H36FN3O5S. The molecule has 3 aromatic carbocycles. The summed E-state index contributed by atoms with van der Waals surface area (Å²) in [5.74, 6) is -0.194. The van der Waals surface area contributed by atoms with Gasteiger partial charge in [-0.05, 0) is 73.9 Å². The van der Waals surface area contributed by atoms with E-state index in [4.69, 9.17) is 4.74 Å². The van der Waals surface area contributed by atoms with Crippen LogP contribution in [0.15, 0.2) is 78.9 Å². The summed E-state index contributed by atoms with van der Waals surface area (Å²) in [7, 11) is -3.88. The SMILES string of the molecule is CCC(C)NC(=O)C(CC)N(Cc1ccc(F)cc1)C(=O)CN(c1ccc(Oc2ccccc2)cc1)S(C)(=O)=O. The van der Waals surface area contributed by atoms with Gasteiger partial charge in [-0.2, -0.15) is 0 Å². The molecule has 0 aliphatic carbocycles. The number of carbonyl (C=O) groups excluding carboxylic acids is 2. The molecule has 0 fully saturated rings. The van der Waals surface area contributed by atoms with Gasteiger partial charge in [0, 0.05) is 12.6 Å². The number of halogens is 1. The van der Waals surface area contributed by atoms with Gasteiger partial charge in [0.25, 0.3) is 0 Å². The fourth-order valence-corrected chi connectivity index (χ4v) is 4.92. The molecule has 0 bridgehead atoms. The van der Waals surface area contributed by atoms with Gasteiger partial charge < -0.3 is 15.0 Å². The molecule has 3 rings (SSSR count). The van der Waals surface area contributed by atoms with Gasteiger partial charge in [-0.25, -0.2) is 12.8 Å². The first-order valence-corrected chi connectivity index (χ1v) is 15.0. The Bertz CT molecular complexity index is 1370. The summed E-state index contributed by atoms with van der Waals surface area (Å²) in [5, 5.41) is 2.91. The van der Waals surface area contributed by atoms with E-state index in [1.165, 1.54) is 29.2 Å². The fraction of sp³-hybridized carbons (Fsp3) is 0.333. The standard InChI is InChI=1S/C30H36FN3O5S/c1-5-22(3)32-30(36)28(6-2)33(20-23-12-14-24(31)15-13-23)29(35)21-34(40(4,37)38)25-16-18-27(19-17-25)39-26-10-8-7-9-11-26/h7-19,22,28H,5-6,20-21H2,1-4H3,(H,32,36). The van der Waals surface area contributed by atoms with Crippen molar-refractivity contribution in [2.75, 3.05) is 17.1 Å². The minimum absolute atomic E-state index is 0.00695. The molecule has 0 aliphatic heterocycles. The molecule has 0 saturated heterocycles. The highest BCUT2D eigenvalue weighted by Gasteiger charge is 2.32. The van der Waals surface area contributed by atoms with Crippen molar-refractivity contribution in [3.63, 3.8) is 0 Å². The van der Waals surface area contributed by atoms with Gasteiger partial charge in [-0.1, -0.05) is 44.2 Å². The zero-order chi connectivity index (χ0) is 29.3. The molecule has 2 unspecified atom stereocenters. The summed E-state index contributed by atoms with van der Waals surface area (Å²) < 4.78 is 46.0. The molecule has 0 saturated carbocycles. The number of nitrogens with zero attached hydrogens (tertiary/aromatic N) is 2. The van der Waals surface area contributed by atoms with Crippen molar-refractivity contribution in [1.29, 1.82) is 0 Å². The molecule has 0 spiro atoms. The number of rotatable bonds is 13. The number of hydrogen-bond donors (Lipinski definition) is 1. The Morgan fingerprint density at radius 1 is 0.900 bits per heavy atom. The summed E-state index contributed by atoms with van der Waals surface area (Å²) in [6.07, 6.45) is 2.03. The average molecular weight is 570 g/mol. The van der Waals surface area contributed by atoms with Crippen LogP contribution in [0.2, 0.25) is 0 Å². The van der Waals surface area contributed by atoms with Crippen molar-refractivity contribution in [3.05, 3.63) is 90.2 Å². The number of carbonyl (C=O) groups is 2. The highest BCUT2D eigenvalue weighted by atomic mass is 32.2. The number of hydrogen-bond acceptors (Lipinski definition) is 5. The topological polar surface area (TPSA) is 96.0 Å². The molecule has 2 atom stereocenters. The van der Waals surface area contributed by atoms with E-state index < -0.39 is 34.3 Å². The number of sulfonamides is 1. The average Bonchev–Trinajstić information content (AvgIpc) is 2.93. The highest BCUT2D eigenvalue weighted by Crippen LogP contribution is 2.26.